The second kappa shape index (κ2) is 7.90. The van der Waals surface area contributed by atoms with Gasteiger partial charge in [-0.2, -0.15) is 10.2 Å². The van der Waals surface area contributed by atoms with Gasteiger partial charge in [0, 0.05) is 30.6 Å². The van der Waals surface area contributed by atoms with Crippen molar-refractivity contribution in [2.45, 2.75) is 30.2 Å². The highest BCUT2D eigenvalue weighted by Gasteiger charge is 2.17. The molecule has 1 N–H and O–H groups in total. The van der Waals surface area contributed by atoms with Crippen LogP contribution in [0.5, 0.6) is 0 Å². The Morgan fingerprint density at radius 2 is 1.90 bits per heavy atom. The molecule has 5 rings (SSSR count). The fourth-order valence-corrected chi connectivity index (χ4v) is 4.68. The van der Waals surface area contributed by atoms with Crippen LogP contribution in [0.4, 0.5) is 0 Å². The molecule has 8 nitrogen and oxygen atoms in total. The predicted octanol–water partition coefficient (Wildman–Crippen LogP) is 2.51. The third-order valence-corrected chi connectivity index (χ3v) is 6.83. The zero-order valence-corrected chi connectivity index (χ0v) is 18.1. The first-order chi connectivity index (χ1) is 15.0. The van der Waals surface area contributed by atoms with Crippen molar-refractivity contribution < 1.29 is 8.42 Å². The van der Waals surface area contributed by atoms with Crippen molar-refractivity contribution in [1.29, 1.82) is 0 Å². The van der Waals surface area contributed by atoms with E-state index in [2.05, 4.69) is 26.4 Å². The Kier molecular flexibility index (Phi) is 5.07. The minimum atomic E-state index is -3.23. The van der Waals surface area contributed by atoms with Crippen molar-refractivity contribution in [3.05, 3.63) is 66.4 Å². The van der Waals surface area contributed by atoms with E-state index >= 15 is 0 Å². The zero-order chi connectivity index (χ0) is 21.4. The van der Waals surface area contributed by atoms with Gasteiger partial charge >= 0.3 is 0 Å². The molecule has 4 heterocycles. The summed E-state index contributed by atoms with van der Waals surface area (Å²) in [7, 11) is -3.23. The second-order valence-electron chi connectivity index (χ2n) is 8.00. The molecule has 0 bridgehead atoms. The van der Waals surface area contributed by atoms with Crippen LogP contribution in [0.15, 0.2) is 59.9 Å². The lowest BCUT2D eigenvalue weighted by Crippen LogP contribution is -2.29. The van der Waals surface area contributed by atoms with Crippen molar-refractivity contribution in [3.8, 4) is 11.1 Å². The Morgan fingerprint density at radius 1 is 1.13 bits per heavy atom. The summed E-state index contributed by atoms with van der Waals surface area (Å²) in [5.41, 5.74) is 3.64. The molecule has 3 aromatic heterocycles. The van der Waals surface area contributed by atoms with E-state index in [0.717, 1.165) is 54.1 Å². The maximum atomic E-state index is 11.7. The number of fused-ring (bicyclic) bond motifs is 1. The molecule has 4 aromatic rings. The van der Waals surface area contributed by atoms with Gasteiger partial charge in [0.25, 0.3) is 0 Å². The molecule has 9 heteroatoms. The molecule has 1 aliphatic rings. The van der Waals surface area contributed by atoms with Crippen LogP contribution in [0, 0.1) is 0 Å². The van der Waals surface area contributed by atoms with Crippen LogP contribution >= 0.6 is 0 Å². The Hall–Kier alpha value is -3.04. The number of hydrogen-bond donors (Lipinski definition) is 1. The Balaban J connectivity index is 1.41. The van der Waals surface area contributed by atoms with E-state index in [0.29, 0.717) is 17.4 Å². The molecule has 1 aliphatic heterocycles. The third kappa shape index (κ3) is 4.11. The maximum Gasteiger partial charge on any atom is 0.175 e. The van der Waals surface area contributed by atoms with Gasteiger partial charge in [-0.3, -0.25) is 4.68 Å². The topological polar surface area (TPSA) is 94.2 Å². The number of nitrogens with one attached hydrogen (secondary N) is 1. The van der Waals surface area contributed by atoms with Crippen molar-refractivity contribution in [2.24, 2.45) is 0 Å². The van der Waals surface area contributed by atoms with Crippen LogP contribution in [-0.2, 0) is 16.3 Å². The lowest BCUT2D eigenvalue weighted by atomic mass is 10.1. The average molecular weight is 437 g/mol. The SMILES string of the molecule is CS(=O)(=O)c1ccc(-c2cccn3nc(Cc4cnn(C5CCNCC5)c4)nc23)cc1. The monoisotopic (exact) mass is 436 g/mol. The minimum Gasteiger partial charge on any atom is -0.317 e. The van der Waals surface area contributed by atoms with Crippen molar-refractivity contribution in [3.63, 3.8) is 0 Å². The van der Waals surface area contributed by atoms with E-state index in [1.807, 2.05) is 36.7 Å². The van der Waals surface area contributed by atoms with Crippen molar-refractivity contribution in [2.75, 3.05) is 19.3 Å². The van der Waals surface area contributed by atoms with Crippen LogP contribution in [0.3, 0.4) is 0 Å². The van der Waals surface area contributed by atoms with Gasteiger partial charge in [-0.15, -0.1) is 0 Å². The number of sulfone groups is 1. The lowest BCUT2D eigenvalue weighted by Gasteiger charge is -2.22. The van der Waals surface area contributed by atoms with Gasteiger partial charge in [0.2, 0.25) is 0 Å². The number of aromatic nitrogens is 5. The van der Waals surface area contributed by atoms with Gasteiger partial charge in [-0.25, -0.2) is 17.9 Å². The fourth-order valence-electron chi connectivity index (χ4n) is 4.05. The molecule has 0 saturated carbocycles. The summed E-state index contributed by atoms with van der Waals surface area (Å²) in [6.07, 6.45) is 9.88. The predicted molar refractivity (Wildman–Crippen MR) is 118 cm³/mol. The number of pyridine rings is 1. The molecular formula is C22H24N6O2S. The molecular weight excluding hydrogens is 412 g/mol. The fraction of sp³-hybridized carbons (Fsp3) is 0.318. The number of hydrogen-bond acceptors (Lipinski definition) is 6. The first-order valence-electron chi connectivity index (χ1n) is 10.4. The second-order valence-corrected chi connectivity index (χ2v) is 10.0. The largest absolute Gasteiger partial charge is 0.317 e. The number of nitrogens with zero attached hydrogens (tertiary/aromatic N) is 5. The molecule has 0 spiro atoms. The molecule has 0 amide bonds. The van der Waals surface area contributed by atoms with Gasteiger partial charge in [0.05, 0.1) is 17.1 Å². The van der Waals surface area contributed by atoms with E-state index in [1.165, 1.54) is 6.26 Å². The summed E-state index contributed by atoms with van der Waals surface area (Å²) in [5.74, 6) is 0.727. The smallest absolute Gasteiger partial charge is 0.175 e. The molecule has 0 atom stereocenters. The summed E-state index contributed by atoms with van der Waals surface area (Å²) < 4.78 is 27.3. The van der Waals surface area contributed by atoms with Gasteiger partial charge < -0.3 is 5.32 Å². The summed E-state index contributed by atoms with van der Waals surface area (Å²) in [6.45, 7) is 2.06. The van der Waals surface area contributed by atoms with Crippen LogP contribution in [0.2, 0.25) is 0 Å². The van der Waals surface area contributed by atoms with Crippen molar-refractivity contribution >= 4 is 15.5 Å². The highest BCUT2D eigenvalue weighted by molar-refractivity contribution is 7.90. The van der Waals surface area contributed by atoms with E-state index in [1.54, 1.807) is 16.6 Å². The summed E-state index contributed by atoms with van der Waals surface area (Å²) in [6, 6.07) is 11.2. The Bertz CT molecular complexity index is 1320. The lowest BCUT2D eigenvalue weighted by molar-refractivity contribution is 0.343. The standard InChI is InChI=1S/C22H24N6O2S/c1-31(29,30)19-6-4-17(5-7-19)20-3-2-12-27-22(20)25-21(26-27)13-16-14-24-28(15-16)18-8-10-23-11-9-18/h2-7,12,14-15,18,23H,8-11,13H2,1H3. The van der Waals surface area contributed by atoms with E-state index in [-0.39, 0.29) is 0 Å². The van der Waals surface area contributed by atoms with Gasteiger partial charge in [0.15, 0.2) is 21.3 Å². The summed E-state index contributed by atoms with van der Waals surface area (Å²) >= 11 is 0. The van der Waals surface area contributed by atoms with Crippen LogP contribution < -0.4 is 5.32 Å². The highest BCUT2D eigenvalue weighted by Crippen LogP contribution is 2.25. The molecule has 0 aliphatic carbocycles. The average Bonchev–Trinajstić information content (AvgIpc) is 3.40. The van der Waals surface area contributed by atoms with Gasteiger partial charge in [-0.05, 0) is 61.3 Å². The first-order valence-corrected chi connectivity index (χ1v) is 12.2. The minimum absolute atomic E-state index is 0.302. The van der Waals surface area contributed by atoms with Crippen molar-refractivity contribution in [1.82, 2.24) is 29.7 Å². The van der Waals surface area contributed by atoms with Crippen LogP contribution in [-0.4, -0.2) is 52.1 Å². The Morgan fingerprint density at radius 3 is 2.65 bits per heavy atom. The van der Waals surface area contributed by atoms with E-state index < -0.39 is 9.84 Å². The molecule has 160 valence electrons. The third-order valence-electron chi connectivity index (χ3n) is 5.70. The highest BCUT2D eigenvalue weighted by atomic mass is 32.2. The maximum absolute atomic E-state index is 11.7. The first kappa shape index (κ1) is 19.9. The molecule has 0 radical (unpaired) electrons. The van der Waals surface area contributed by atoms with Gasteiger partial charge in [0.1, 0.15) is 0 Å². The quantitative estimate of drug-likeness (QED) is 0.517. The number of benzene rings is 1. The molecule has 31 heavy (non-hydrogen) atoms. The zero-order valence-electron chi connectivity index (χ0n) is 17.3. The molecule has 1 aromatic carbocycles. The summed E-state index contributed by atoms with van der Waals surface area (Å²) in [5, 5.41) is 12.6. The van der Waals surface area contributed by atoms with Crippen LogP contribution in [0.25, 0.3) is 16.8 Å². The molecule has 1 saturated heterocycles. The van der Waals surface area contributed by atoms with Crippen LogP contribution in [0.1, 0.15) is 30.3 Å². The molecule has 0 unspecified atom stereocenters. The van der Waals surface area contributed by atoms with Gasteiger partial charge in [-0.1, -0.05) is 12.1 Å². The normalized spacial score (nSPS) is 15.5. The summed E-state index contributed by atoms with van der Waals surface area (Å²) in [4.78, 5) is 5.07. The Labute approximate surface area is 180 Å². The van der Waals surface area contributed by atoms with E-state index in [9.17, 15) is 8.42 Å². The van der Waals surface area contributed by atoms with E-state index in [4.69, 9.17) is 4.98 Å². The number of piperidine rings is 1. The number of rotatable bonds is 5. The molecule has 1 fully saturated rings.